The molecule has 0 saturated heterocycles. The van der Waals surface area contributed by atoms with Crippen molar-refractivity contribution in [2.45, 2.75) is 244 Å². The van der Waals surface area contributed by atoms with Crippen molar-refractivity contribution in [3.8, 4) is 0 Å². The summed E-state index contributed by atoms with van der Waals surface area (Å²) in [6.07, 6.45) is 42.8. The van der Waals surface area contributed by atoms with Crippen molar-refractivity contribution < 1.29 is 47.5 Å². The third-order valence-electron chi connectivity index (χ3n) is 10.5. The summed E-state index contributed by atoms with van der Waals surface area (Å²) < 4.78 is 32.7. The minimum absolute atomic E-state index is 0.163. The first-order valence-corrected chi connectivity index (χ1v) is 25.2. The molecular formula is C46H88NO10P. The lowest BCUT2D eigenvalue weighted by Crippen LogP contribution is -2.34. The molecule has 1 unspecified atom stereocenters. The zero-order valence-electron chi connectivity index (χ0n) is 37.2. The van der Waals surface area contributed by atoms with E-state index in [2.05, 4.69) is 30.5 Å². The molecule has 0 heterocycles. The van der Waals surface area contributed by atoms with Crippen LogP contribution in [0, 0.1) is 0 Å². The van der Waals surface area contributed by atoms with Gasteiger partial charge in [0, 0.05) is 12.8 Å². The summed E-state index contributed by atoms with van der Waals surface area (Å²) in [5.74, 6) is -2.39. The number of nitrogens with two attached hydrogens (primary N) is 1. The highest BCUT2D eigenvalue weighted by Crippen LogP contribution is 2.43. The maximum atomic E-state index is 12.7. The average molecular weight is 846 g/mol. The van der Waals surface area contributed by atoms with E-state index in [9.17, 15) is 23.8 Å². The van der Waals surface area contributed by atoms with E-state index in [4.69, 9.17) is 24.8 Å². The first kappa shape index (κ1) is 56.2. The van der Waals surface area contributed by atoms with Gasteiger partial charge in [-0.2, -0.15) is 0 Å². The average Bonchev–Trinajstić information content (AvgIpc) is 3.20. The number of hydrogen-bond donors (Lipinski definition) is 3. The fraction of sp³-hybridized carbons (Fsp3) is 0.891. The maximum Gasteiger partial charge on any atom is 0.472 e. The third-order valence-corrected chi connectivity index (χ3v) is 11.5. The molecule has 0 aliphatic rings. The monoisotopic (exact) mass is 846 g/mol. The predicted molar refractivity (Wildman–Crippen MR) is 236 cm³/mol. The summed E-state index contributed by atoms with van der Waals surface area (Å²) in [6.45, 7) is 2.82. The Hall–Kier alpha value is -1.78. The van der Waals surface area contributed by atoms with E-state index in [1.807, 2.05) is 0 Å². The van der Waals surface area contributed by atoms with Crippen molar-refractivity contribution in [3.05, 3.63) is 12.2 Å². The smallest absolute Gasteiger partial charge is 0.472 e. The maximum absolute atomic E-state index is 12.7. The van der Waals surface area contributed by atoms with Gasteiger partial charge in [0.15, 0.2) is 6.10 Å². The minimum Gasteiger partial charge on any atom is -0.480 e. The number of carbonyl (C=O) groups excluding carboxylic acids is 2. The molecule has 0 aromatic carbocycles. The summed E-state index contributed by atoms with van der Waals surface area (Å²) in [4.78, 5) is 46.0. The molecule has 0 spiro atoms. The Morgan fingerprint density at radius 3 is 1.29 bits per heavy atom. The van der Waals surface area contributed by atoms with Crippen LogP contribution in [-0.4, -0.2) is 59.9 Å². The summed E-state index contributed by atoms with van der Waals surface area (Å²) in [5, 5.41) is 8.90. The second-order valence-corrected chi connectivity index (χ2v) is 17.7. The predicted octanol–water partition coefficient (Wildman–Crippen LogP) is 12.8. The Labute approximate surface area is 354 Å². The molecule has 0 amide bonds. The van der Waals surface area contributed by atoms with E-state index < -0.39 is 51.1 Å². The lowest BCUT2D eigenvalue weighted by molar-refractivity contribution is -0.161. The SMILES string of the molecule is CCCCCCCCCCC/C=C/CCCCC(=O)OC[C@H](COP(=O)(O)OC[C@H](N)C(=O)O)OC(=O)CCCCCCCCCCCCCCCCCCCCC. The number of ether oxygens (including phenoxy) is 2. The fourth-order valence-corrected chi connectivity index (χ4v) is 7.55. The van der Waals surface area contributed by atoms with Crippen LogP contribution in [0.4, 0.5) is 0 Å². The Morgan fingerprint density at radius 2 is 0.862 bits per heavy atom. The molecular weight excluding hydrogens is 757 g/mol. The molecule has 0 aromatic heterocycles. The highest BCUT2D eigenvalue weighted by atomic mass is 31.2. The summed E-state index contributed by atoms with van der Waals surface area (Å²) in [5.41, 5.74) is 5.34. The Morgan fingerprint density at radius 1 is 0.517 bits per heavy atom. The van der Waals surface area contributed by atoms with Crippen molar-refractivity contribution in [1.29, 1.82) is 0 Å². The second kappa shape index (κ2) is 41.9. The molecule has 0 rings (SSSR count). The number of hydrogen-bond acceptors (Lipinski definition) is 9. The standard InChI is InChI=1S/C46H88NO10P/c1-3-5-7-9-11-13-15-17-19-20-21-22-24-26-28-30-32-34-36-38-45(49)57-42(40-55-58(52,53)56-41-43(47)46(50)51)39-54-44(48)37-35-33-31-29-27-25-23-18-16-14-12-10-8-6-4-2/h27,29,42-43H,3-26,28,30-41,47H2,1-2H3,(H,50,51)(H,52,53)/b29-27+/t42-,43+/m1/s1. The number of allylic oxidation sites excluding steroid dienone is 2. The molecule has 0 aliphatic carbocycles. The number of unbranched alkanes of at least 4 members (excludes halogenated alkanes) is 29. The molecule has 0 bridgehead atoms. The van der Waals surface area contributed by atoms with Gasteiger partial charge < -0.3 is 25.2 Å². The lowest BCUT2D eigenvalue weighted by atomic mass is 10.0. The van der Waals surface area contributed by atoms with Gasteiger partial charge in [0.05, 0.1) is 13.2 Å². The van der Waals surface area contributed by atoms with Crippen LogP contribution in [0.3, 0.4) is 0 Å². The number of carboxylic acid groups (broad SMARTS) is 1. The minimum atomic E-state index is -4.72. The summed E-state index contributed by atoms with van der Waals surface area (Å²) >= 11 is 0. The van der Waals surface area contributed by atoms with E-state index in [1.54, 1.807) is 0 Å². The second-order valence-electron chi connectivity index (χ2n) is 16.2. The largest absolute Gasteiger partial charge is 0.480 e. The summed E-state index contributed by atoms with van der Waals surface area (Å²) in [6, 6.07) is -1.52. The highest BCUT2D eigenvalue weighted by Gasteiger charge is 2.28. The van der Waals surface area contributed by atoms with Crippen LogP contribution in [0.15, 0.2) is 12.2 Å². The third kappa shape index (κ3) is 41.0. The molecule has 0 fully saturated rings. The molecule has 0 aliphatic heterocycles. The number of aliphatic carboxylic acids is 1. The van der Waals surface area contributed by atoms with Crippen LogP contribution in [0.2, 0.25) is 0 Å². The van der Waals surface area contributed by atoms with Crippen molar-refractivity contribution in [3.63, 3.8) is 0 Å². The van der Waals surface area contributed by atoms with Crippen molar-refractivity contribution in [2.75, 3.05) is 19.8 Å². The Kier molecular flexibility index (Phi) is 40.6. The molecule has 342 valence electrons. The van der Waals surface area contributed by atoms with Crippen molar-refractivity contribution >= 4 is 25.7 Å². The zero-order valence-corrected chi connectivity index (χ0v) is 38.1. The van der Waals surface area contributed by atoms with E-state index in [-0.39, 0.29) is 19.4 Å². The number of phosphoric acid groups is 1. The first-order chi connectivity index (χ1) is 28.1. The van der Waals surface area contributed by atoms with E-state index in [1.165, 1.54) is 154 Å². The van der Waals surface area contributed by atoms with Gasteiger partial charge in [-0.1, -0.05) is 193 Å². The molecule has 4 N–H and O–H groups in total. The van der Waals surface area contributed by atoms with Crippen LogP contribution < -0.4 is 5.73 Å². The molecule has 3 atom stereocenters. The Bertz CT molecular complexity index is 1040. The fourth-order valence-electron chi connectivity index (χ4n) is 6.77. The van der Waals surface area contributed by atoms with Gasteiger partial charge in [-0.05, 0) is 38.5 Å². The van der Waals surface area contributed by atoms with Crippen LogP contribution >= 0.6 is 7.82 Å². The first-order valence-electron chi connectivity index (χ1n) is 23.7. The van der Waals surface area contributed by atoms with E-state index >= 15 is 0 Å². The lowest BCUT2D eigenvalue weighted by Gasteiger charge is -2.20. The van der Waals surface area contributed by atoms with Gasteiger partial charge in [0.2, 0.25) is 0 Å². The topological polar surface area (TPSA) is 172 Å². The van der Waals surface area contributed by atoms with Gasteiger partial charge >= 0.3 is 25.7 Å². The molecule has 0 aromatic rings. The van der Waals surface area contributed by atoms with Crippen molar-refractivity contribution in [1.82, 2.24) is 0 Å². The van der Waals surface area contributed by atoms with Crippen molar-refractivity contribution in [2.24, 2.45) is 5.73 Å². The van der Waals surface area contributed by atoms with Gasteiger partial charge in [0.1, 0.15) is 12.6 Å². The normalized spacial score (nSPS) is 13.7. The number of phosphoric ester groups is 1. The van der Waals surface area contributed by atoms with E-state index in [0.29, 0.717) is 12.8 Å². The van der Waals surface area contributed by atoms with Gasteiger partial charge in [-0.25, -0.2) is 4.57 Å². The van der Waals surface area contributed by atoms with Crippen LogP contribution in [0.5, 0.6) is 0 Å². The van der Waals surface area contributed by atoms with Gasteiger partial charge in [-0.15, -0.1) is 0 Å². The number of carboxylic acids is 1. The molecule has 0 saturated carbocycles. The molecule has 0 radical (unpaired) electrons. The molecule has 12 heteroatoms. The number of esters is 2. The van der Waals surface area contributed by atoms with Crippen LogP contribution in [0.25, 0.3) is 0 Å². The highest BCUT2D eigenvalue weighted by molar-refractivity contribution is 7.47. The van der Waals surface area contributed by atoms with Gasteiger partial charge in [-0.3, -0.25) is 23.4 Å². The van der Waals surface area contributed by atoms with Crippen LogP contribution in [0.1, 0.15) is 232 Å². The van der Waals surface area contributed by atoms with Crippen LogP contribution in [-0.2, 0) is 37.5 Å². The number of rotatable bonds is 45. The summed E-state index contributed by atoms with van der Waals surface area (Å²) in [7, 11) is -4.72. The Balaban J connectivity index is 4.28. The number of carbonyl (C=O) groups is 3. The molecule has 58 heavy (non-hydrogen) atoms. The quantitative estimate of drug-likeness (QED) is 0.0230. The zero-order chi connectivity index (χ0) is 42.8. The molecule has 11 nitrogen and oxygen atoms in total. The van der Waals surface area contributed by atoms with E-state index in [0.717, 1.165) is 38.5 Å². The van der Waals surface area contributed by atoms with Gasteiger partial charge in [0.25, 0.3) is 0 Å².